The van der Waals surface area contributed by atoms with Gasteiger partial charge in [-0.15, -0.1) is 0 Å². The van der Waals surface area contributed by atoms with E-state index in [0.717, 1.165) is 53.6 Å². The number of hydrogen-bond donors (Lipinski definition) is 1. The van der Waals surface area contributed by atoms with Crippen LogP contribution in [0.15, 0.2) is 48.5 Å². The molecule has 2 heterocycles. The SMILES string of the molecule is Cn1c(C(c2ccccc2Cl)N2CCNCC2)nc2ccccc21. The number of nitrogens with zero attached hydrogens (tertiary/aromatic N) is 3. The molecule has 1 saturated heterocycles. The fourth-order valence-electron chi connectivity index (χ4n) is 3.54. The van der Waals surface area contributed by atoms with Crippen LogP contribution in [-0.2, 0) is 7.05 Å². The van der Waals surface area contributed by atoms with E-state index in [9.17, 15) is 0 Å². The Balaban J connectivity index is 1.88. The van der Waals surface area contributed by atoms with Gasteiger partial charge in [-0.2, -0.15) is 0 Å². The Hall–Kier alpha value is -1.88. The summed E-state index contributed by atoms with van der Waals surface area (Å²) in [6.45, 7) is 3.95. The molecular weight excluding hydrogens is 320 g/mol. The molecular formula is C19H21ClN4. The van der Waals surface area contributed by atoms with Crippen LogP contribution in [0, 0.1) is 0 Å². The predicted molar refractivity (Wildman–Crippen MR) is 98.5 cm³/mol. The lowest BCUT2D eigenvalue weighted by molar-refractivity contribution is 0.190. The van der Waals surface area contributed by atoms with E-state index < -0.39 is 0 Å². The highest BCUT2D eigenvalue weighted by molar-refractivity contribution is 6.31. The highest BCUT2D eigenvalue weighted by atomic mass is 35.5. The van der Waals surface area contributed by atoms with Crippen molar-refractivity contribution in [3.05, 3.63) is 64.9 Å². The van der Waals surface area contributed by atoms with Crippen molar-refractivity contribution in [2.24, 2.45) is 7.05 Å². The molecule has 24 heavy (non-hydrogen) atoms. The first kappa shape index (κ1) is 15.6. The van der Waals surface area contributed by atoms with Crippen LogP contribution in [0.25, 0.3) is 11.0 Å². The van der Waals surface area contributed by atoms with Gasteiger partial charge in [0.25, 0.3) is 0 Å². The Morgan fingerprint density at radius 3 is 2.50 bits per heavy atom. The number of imidazole rings is 1. The third kappa shape index (κ3) is 2.71. The lowest BCUT2D eigenvalue weighted by Crippen LogP contribution is -2.46. The second-order valence-electron chi connectivity index (χ2n) is 6.23. The molecule has 0 bridgehead atoms. The molecule has 0 spiro atoms. The van der Waals surface area contributed by atoms with Crippen LogP contribution in [0.5, 0.6) is 0 Å². The molecule has 1 unspecified atom stereocenters. The van der Waals surface area contributed by atoms with E-state index in [2.05, 4.69) is 52.2 Å². The topological polar surface area (TPSA) is 33.1 Å². The summed E-state index contributed by atoms with van der Waals surface area (Å²) >= 11 is 6.56. The van der Waals surface area contributed by atoms with Gasteiger partial charge in [-0.3, -0.25) is 4.90 Å². The van der Waals surface area contributed by atoms with Crippen LogP contribution in [-0.4, -0.2) is 40.6 Å². The van der Waals surface area contributed by atoms with Gasteiger partial charge in [-0.25, -0.2) is 4.98 Å². The Kier molecular flexibility index (Phi) is 4.27. The molecule has 0 aliphatic carbocycles. The van der Waals surface area contributed by atoms with Crippen molar-refractivity contribution in [3.63, 3.8) is 0 Å². The summed E-state index contributed by atoms with van der Waals surface area (Å²) in [5.41, 5.74) is 3.31. The Morgan fingerprint density at radius 1 is 1.04 bits per heavy atom. The van der Waals surface area contributed by atoms with Crippen LogP contribution in [0.2, 0.25) is 5.02 Å². The first-order chi connectivity index (χ1) is 11.8. The van der Waals surface area contributed by atoms with Crippen LogP contribution < -0.4 is 5.32 Å². The van der Waals surface area contributed by atoms with Crippen LogP contribution >= 0.6 is 11.6 Å². The third-order valence-electron chi connectivity index (χ3n) is 4.78. The van der Waals surface area contributed by atoms with Gasteiger partial charge in [0.05, 0.1) is 17.1 Å². The van der Waals surface area contributed by atoms with E-state index >= 15 is 0 Å². The predicted octanol–water partition coefficient (Wildman–Crippen LogP) is 3.22. The van der Waals surface area contributed by atoms with Gasteiger partial charge in [0.15, 0.2) is 0 Å². The summed E-state index contributed by atoms with van der Waals surface area (Å²) in [5, 5.41) is 4.23. The number of benzene rings is 2. The van der Waals surface area contributed by atoms with E-state index in [1.54, 1.807) is 0 Å². The first-order valence-corrected chi connectivity index (χ1v) is 8.74. The molecule has 4 rings (SSSR count). The van der Waals surface area contributed by atoms with Gasteiger partial charge >= 0.3 is 0 Å². The molecule has 1 aliphatic heterocycles. The zero-order chi connectivity index (χ0) is 16.5. The van der Waals surface area contributed by atoms with E-state index in [-0.39, 0.29) is 6.04 Å². The normalized spacial score (nSPS) is 17.2. The molecule has 0 amide bonds. The molecule has 3 aromatic rings. The van der Waals surface area contributed by atoms with Gasteiger partial charge in [0.1, 0.15) is 5.82 Å². The summed E-state index contributed by atoms with van der Waals surface area (Å²) < 4.78 is 2.20. The number of hydrogen-bond acceptors (Lipinski definition) is 3. The molecule has 1 N–H and O–H groups in total. The fourth-order valence-corrected chi connectivity index (χ4v) is 3.78. The number of para-hydroxylation sites is 2. The largest absolute Gasteiger partial charge is 0.329 e. The van der Waals surface area contributed by atoms with Crippen molar-refractivity contribution in [3.8, 4) is 0 Å². The Labute approximate surface area is 147 Å². The molecule has 0 saturated carbocycles. The maximum Gasteiger partial charge on any atom is 0.131 e. The van der Waals surface area contributed by atoms with Gasteiger partial charge in [-0.1, -0.05) is 41.9 Å². The fraction of sp³-hybridized carbons (Fsp3) is 0.316. The third-order valence-corrected chi connectivity index (χ3v) is 5.13. The quantitative estimate of drug-likeness (QED) is 0.794. The Morgan fingerprint density at radius 2 is 1.75 bits per heavy atom. The van der Waals surface area contributed by atoms with E-state index in [1.807, 2.05) is 18.2 Å². The van der Waals surface area contributed by atoms with Gasteiger partial charge in [-0.05, 0) is 23.8 Å². The van der Waals surface area contributed by atoms with E-state index in [4.69, 9.17) is 16.6 Å². The minimum Gasteiger partial charge on any atom is -0.329 e. The summed E-state index contributed by atoms with van der Waals surface area (Å²) in [7, 11) is 2.09. The van der Waals surface area contributed by atoms with Crippen molar-refractivity contribution in [1.29, 1.82) is 0 Å². The van der Waals surface area contributed by atoms with Gasteiger partial charge in [0.2, 0.25) is 0 Å². The molecule has 1 aliphatic rings. The maximum atomic E-state index is 6.56. The van der Waals surface area contributed by atoms with Crippen LogP contribution in [0.4, 0.5) is 0 Å². The number of fused-ring (bicyclic) bond motifs is 1. The second-order valence-corrected chi connectivity index (χ2v) is 6.63. The summed E-state index contributed by atoms with van der Waals surface area (Å²) in [6, 6.07) is 16.5. The number of aryl methyl sites for hydroxylation is 1. The molecule has 5 heteroatoms. The molecule has 1 fully saturated rings. The average molecular weight is 341 g/mol. The monoisotopic (exact) mass is 340 g/mol. The van der Waals surface area contributed by atoms with Crippen molar-refractivity contribution in [2.75, 3.05) is 26.2 Å². The lowest BCUT2D eigenvalue weighted by atomic mass is 10.0. The molecule has 2 aromatic carbocycles. The first-order valence-electron chi connectivity index (χ1n) is 8.36. The molecule has 1 aromatic heterocycles. The zero-order valence-corrected chi connectivity index (χ0v) is 14.5. The average Bonchev–Trinajstić information content (AvgIpc) is 2.95. The zero-order valence-electron chi connectivity index (χ0n) is 13.7. The number of nitrogens with one attached hydrogen (secondary N) is 1. The smallest absolute Gasteiger partial charge is 0.131 e. The summed E-state index contributed by atoms with van der Waals surface area (Å²) in [4.78, 5) is 7.42. The molecule has 0 radical (unpaired) electrons. The van der Waals surface area contributed by atoms with Crippen molar-refractivity contribution < 1.29 is 0 Å². The van der Waals surface area contributed by atoms with E-state index in [0.29, 0.717) is 0 Å². The number of halogens is 1. The summed E-state index contributed by atoms with van der Waals surface area (Å²) in [5.74, 6) is 1.05. The lowest BCUT2D eigenvalue weighted by Gasteiger charge is -2.35. The minimum absolute atomic E-state index is 0.0678. The van der Waals surface area contributed by atoms with Crippen LogP contribution in [0.1, 0.15) is 17.4 Å². The number of piperazine rings is 1. The molecule has 124 valence electrons. The highest BCUT2D eigenvalue weighted by Crippen LogP contribution is 2.34. The number of aromatic nitrogens is 2. The highest BCUT2D eigenvalue weighted by Gasteiger charge is 2.29. The minimum atomic E-state index is 0.0678. The standard InChI is InChI=1S/C19H21ClN4/c1-23-17-9-5-4-8-16(17)22-19(23)18(24-12-10-21-11-13-24)14-6-2-3-7-15(14)20/h2-9,18,21H,10-13H2,1H3. The van der Waals surface area contributed by atoms with Gasteiger partial charge < -0.3 is 9.88 Å². The van der Waals surface area contributed by atoms with Crippen molar-refractivity contribution in [2.45, 2.75) is 6.04 Å². The van der Waals surface area contributed by atoms with Crippen molar-refractivity contribution >= 4 is 22.6 Å². The van der Waals surface area contributed by atoms with Gasteiger partial charge in [0, 0.05) is 38.2 Å². The van der Waals surface area contributed by atoms with E-state index in [1.165, 1.54) is 0 Å². The second kappa shape index (κ2) is 6.55. The van der Waals surface area contributed by atoms with Crippen LogP contribution in [0.3, 0.4) is 0 Å². The summed E-state index contributed by atoms with van der Waals surface area (Å²) in [6.07, 6.45) is 0. The maximum absolute atomic E-state index is 6.56. The molecule has 4 nitrogen and oxygen atoms in total. The Bertz CT molecular complexity index is 851. The molecule has 1 atom stereocenters. The number of rotatable bonds is 3. The van der Waals surface area contributed by atoms with Crippen molar-refractivity contribution in [1.82, 2.24) is 19.8 Å².